The van der Waals surface area contributed by atoms with Crippen molar-refractivity contribution in [2.24, 2.45) is 0 Å². The molecule has 2 aromatic carbocycles. The van der Waals surface area contributed by atoms with Gasteiger partial charge in [0.05, 0.1) is 11.1 Å². The Morgan fingerprint density at radius 1 is 1.05 bits per heavy atom. The van der Waals surface area contributed by atoms with Crippen LogP contribution in [0.2, 0.25) is 0 Å². The van der Waals surface area contributed by atoms with Gasteiger partial charge in [-0.05, 0) is 35.9 Å². The largest absolute Gasteiger partial charge is 0.507 e. The fourth-order valence-corrected chi connectivity index (χ4v) is 2.14. The van der Waals surface area contributed by atoms with Crippen LogP contribution in [-0.4, -0.2) is 21.2 Å². The third-order valence-corrected chi connectivity index (χ3v) is 3.16. The van der Waals surface area contributed by atoms with E-state index in [1.807, 2.05) is 30.3 Å². The number of aromatic hydroxyl groups is 1. The molecular formula is C16H11NO3. The van der Waals surface area contributed by atoms with E-state index in [1.165, 1.54) is 12.1 Å². The van der Waals surface area contributed by atoms with E-state index >= 15 is 0 Å². The number of rotatable bonds is 2. The number of phenols is 1. The average molecular weight is 265 g/mol. The summed E-state index contributed by atoms with van der Waals surface area (Å²) in [6.45, 7) is 0. The van der Waals surface area contributed by atoms with Crippen molar-refractivity contribution in [3.8, 4) is 16.9 Å². The van der Waals surface area contributed by atoms with Gasteiger partial charge in [-0.15, -0.1) is 0 Å². The van der Waals surface area contributed by atoms with Crippen molar-refractivity contribution in [1.82, 2.24) is 4.98 Å². The first-order valence-corrected chi connectivity index (χ1v) is 6.06. The summed E-state index contributed by atoms with van der Waals surface area (Å²) >= 11 is 0. The fraction of sp³-hybridized carbons (Fsp3) is 0. The maximum atomic E-state index is 10.9. The Hall–Kier alpha value is -2.88. The Bertz CT molecular complexity index is 812. The van der Waals surface area contributed by atoms with E-state index in [0.29, 0.717) is 5.56 Å². The van der Waals surface area contributed by atoms with Gasteiger partial charge >= 0.3 is 5.97 Å². The molecule has 0 spiro atoms. The van der Waals surface area contributed by atoms with E-state index in [4.69, 9.17) is 5.11 Å². The number of fused-ring (bicyclic) bond motifs is 1. The van der Waals surface area contributed by atoms with Crippen molar-refractivity contribution in [2.45, 2.75) is 0 Å². The molecule has 0 saturated heterocycles. The van der Waals surface area contributed by atoms with Gasteiger partial charge in [-0.1, -0.05) is 18.2 Å². The summed E-state index contributed by atoms with van der Waals surface area (Å²) in [5, 5.41) is 19.9. The summed E-state index contributed by atoms with van der Waals surface area (Å²) < 4.78 is 0. The van der Waals surface area contributed by atoms with Crippen LogP contribution < -0.4 is 0 Å². The number of phenolic OH excluding ortho intramolecular Hbond substituents is 1. The van der Waals surface area contributed by atoms with E-state index in [0.717, 1.165) is 16.5 Å². The number of carboxylic acid groups (broad SMARTS) is 1. The Morgan fingerprint density at radius 3 is 2.65 bits per heavy atom. The van der Waals surface area contributed by atoms with Gasteiger partial charge in [0, 0.05) is 17.1 Å². The summed E-state index contributed by atoms with van der Waals surface area (Å²) in [5.41, 5.74) is 2.27. The van der Waals surface area contributed by atoms with Crippen molar-refractivity contribution in [1.29, 1.82) is 0 Å². The lowest BCUT2D eigenvalue weighted by Crippen LogP contribution is -1.95. The SMILES string of the molecule is O=C(O)c1ccc(-c2ccc3cccnc3c2)c(O)c1. The molecule has 1 heterocycles. The molecule has 3 rings (SSSR count). The molecule has 98 valence electrons. The number of pyridine rings is 1. The van der Waals surface area contributed by atoms with Gasteiger partial charge in [0.25, 0.3) is 0 Å². The minimum Gasteiger partial charge on any atom is -0.507 e. The van der Waals surface area contributed by atoms with E-state index in [2.05, 4.69) is 4.98 Å². The van der Waals surface area contributed by atoms with Gasteiger partial charge in [0.15, 0.2) is 0 Å². The van der Waals surface area contributed by atoms with E-state index in [9.17, 15) is 9.90 Å². The fourth-order valence-electron chi connectivity index (χ4n) is 2.14. The first-order valence-electron chi connectivity index (χ1n) is 6.06. The molecule has 2 N–H and O–H groups in total. The molecule has 0 amide bonds. The summed E-state index contributed by atoms with van der Waals surface area (Å²) in [6.07, 6.45) is 1.71. The minimum absolute atomic E-state index is 0.0554. The molecule has 4 heteroatoms. The Morgan fingerprint density at radius 2 is 1.90 bits per heavy atom. The molecule has 0 aliphatic carbocycles. The molecule has 0 aliphatic rings. The van der Waals surface area contributed by atoms with Crippen molar-refractivity contribution in [3.63, 3.8) is 0 Å². The normalized spacial score (nSPS) is 10.6. The molecule has 1 aromatic heterocycles. The molecule has 20 heavy (non-hydrogen) atoms. The average Bonchev–Trinajstić information content (AvgIpc) is 2.46. The Kier molecular flexibility index (Phi) is 2.84. The molecular weight excluding hydrogens is 254 g/mol. The van der Waals surface area contributed by atoms with Gasteiger partial charge in [-0.25, -0.2) is 4.79 Å². The smallest absolute Gasteiger partial charge is 0.335 e. The van der Waals surface area contributed by atoms with Crippen LogP contribution in [0.3, 0.4) is 0 Å². The molecule has 0 atom stereocenters. The topological polar surface area (TPSA) is 70.4 Å². The molecule has 0 radical (unpaired) electrons. The first-order chi connectivity index (χ1) is 9.65. The highest BCUT2D eigenvalue weighted by Crippen LogP contribution is 2.31. The second kappa shape index (κ2) is 4.66. The van der Waals surface area contributed by atoms with Crippen molar-refractivity contribution in [3.05, 3.63) is 60.3 Å². The zero-order valence-electron chi connectivity index (χ0n) is 10.4. The third-order valence-electron chi connectivity index (χ3n) is 3.16. The lowest BCUT2D eigenvalue weighted by molar-refractivity contribution is 0.0696. The lowest BCUT2D eigenvalue weighted by atomic mass is 10.0. The predicted octanol–water partition coefficient (Wildman–Crippen LogP) is 3.31. The number of nitrogens with zero attached hydrogens (tertiary/aromatic N) is 1. The molecule has 0 unspecified atom stereocenters. The number of hydrogen-bond donors (Lipinski definition) is 2. The first kappa shape index (κ1) is 12.2. The third kappa shape index (κ3) is 2.07. The van der Waals surface area contributed by atoms with Crippen LogP contribution in [0.25, 0.3) is 22.0 Å². The Balaban J connectivity index is 2.13. The molecule has 0 bridgehead atoms. The van der Waals surface area contributed by atoms with Gasteiger partial charge < -0.3 is 10.2 Å². The number of aromatic nitrogens is 1. The van der Waals surface area contributed by atoms with Crippen LogP contribution >= 0.6 is 0 Å². The van der Waals surface area contributed by atoms with Gasteiger partial charge in [0.2, 0.25) is 0 Å². The summed E-state index contributed by atoms with van der Waals surface area (Å²) in [7, 11) is 0. The number of benzene rings is 2. The Labute approximate surface area is 115 Å². The maximum Gasteiger partial charge on any atom is 0.335 e. The number of carboxylic acids is 1. The zero-order valence-corrected chi connectivity index (χ0v) is 10.4. The highest BCUT2D eigenvalue weighted by Gasteiger charge is 2.09. The number of aromatic carboxylic acids is 1. The summed E-state index contributed by atoms with van der Waals surface area (Å²) in [6, 6.07) is 13.8. The monoisotopic (exact) mass is 265 g/mol. The van der Waals surface area contributed by atoms with Gasteiger partial charge in [0.1, 0.15) is 5.75 Å². The van der Waals surface area contributed by atoms with Gasteiger partial charge in [-0.2, -0.15) is 0 Å². The standard InChI is InChI=1S/C16H11NO3/c18-15-9-12(16(19)20)5-6-13(15)11-4-3-10-2-1-7-17-14(10)8-11/h1-9,18H,(H,19,20). The van der Waals surface area contributed by atoms with E-state index in [1.54, 1.807) is 12.3 Å². The van der Waals surface area contributed by atoms with Crippen LogP contribution in [0, 0.1) is 0 Å². The molecule has 0 fully saturated rings. The van der Waals surface area contributed by atoms with Crippen LogP contribution in [-0.2, 0) is 0 Å². The predicted molar refractivity (Wildman–Crippen MR) is 75.8 cm³/mol. The van der Waals surface area contributed by atoms with Crippen LogP contribution in [0.1, 0.15) is 10.4 Å². The number of carbonyl (C=O) groups is 1. The summed E-state index contributed by atoms with van der Waals surface area (Å²) in [5.74, 6) is -1.12. The van der Waals surface area contributed by atoms with Crippen molar-refractivity contribution in [2.75, 3.05) is 0 Å². The molecule has 4 nitrogen and oxygen atoms in total. The van der Waals surface area contributed by atoms with Crippen LogP contribution in [0.15, 0.2) is 54.7 Å². The number of hydrogen-bond acceptors (Lipinski definition) is 3. The van der Waals surface area contributed by atoms with Crippen LogP contribution in [0.5, 0.6) is 5.75 Å². The van der Waals surface area contributed by atoms with Gasteiger partial charge in [-0.3, -0.25) is 4.98 Å². The second-order valence-electron chi connectivity index (χ2n) is 4.45. The molecule has 3 aromatic rings. The summed E-state index contributed by atoms with van der Waals surface area (Å²) in [4.78, 5) is 15.1. The maximum absolute atomic E-state index is 10.9. The minimum atomic E-state index is -1.06. The quantitative estimate of drug-likeness (QED) is 0.745. The lowest BCUT2D eigenvalue weighted by Gasteiger charge is -2.07. The van der Waals surface area contributed by atoms with Crippen molar-refractivity contribution >= 4 is 16.9 Å². The van der Waals surface area contributed by atoms with Crippen LogP contribution in [0.4, 0.5) is 0 Å². The zero-order chi connectivity index (χ0) is 14.1. The highest BCUT2D eigenvalue weighted by atomic mass is 16.4. The molecule has 0 saturated carbocycles. The van der Waals surface area contributed by atoms with E-state index in [-0.39, 0.29) is 11.3 Å². The van der Waals surface area contributed by atoms with E-state index < -0.39 is 5.97 Å². The van der Waals surface area contributed by atoms with Crippen molar-refractivity contribution < 1.29 is 15.0 Å². The highest BCUT2D eigenvalue weighted by molar-refractivity contribution is 5.90. The second-order valence-corrected chi connectivity index (χ2v) is 4.45. The molecule has 0 aliphatic heterocycles.